The molecule has 1 unspecified atom stereocenters. The minimum Gasteiger partial charge on any atom is -0.379 e. The van der Waals surface area contributed by atoms with E-state index in [0.717, 1.165) is 63.9 Å². The van der Waals surface area contributed by atoms with E-state index in [1.165, 1.54) is 5.56 Å². The number of ether oxygens (including phenoxy) is 1. The summed E-state index contributed by atoms with van der Waals surface area (Å²) in [6.07, 6.45) is 2.75. The molecule has 0 bridgehead atoms. The highest BCUT2D eigenvalue weighted by molar-refractivity contribution is 5.93. The maximum atomic E-state index is 12.1. The molecule has 166 valence electrons. The van der Waals surface area contributed by atoms with E-state index in [2.05, 4.69) is 46.5 Å². The number of hydrogen-bond acceptors (Lipinski definition) is 4. The van der Waals surface area contributed by atoms with Gasteiger partial charge in [0.2, 0.25) is 5.91 Å². The van der Waals surface area contributed by atoms with Gasteiger partial charge >= 0.3 is 0 Å². The van der Waals surface area contributed by atoms with Crippen molar-refractivity contribution in [2.24, 2.45) is 10.9 Å². The number of amides is 1. The van der Waals surface area contributed by atoms with Crippen LogP contribution in [0.15, 0.2) is 29.3 Å². The molecule has 0 aliphatic carbocycles. The third-order valence-corrected chi connectivity index (χ3v) is 6.02. The number of carbonyl (C=O) groups excluding carboxylic acids is 1. The van der Waals surface area contributed by atoms with E-state index in [4.69, 9.17) is 4.74 Å². The first-order valence-corrected chi connectivity index (χ1v) is 11.2. The monoisotopic (exact) mass is 415 g/mol. The van der Waals surface area contributed by atoms with Gasteiger partial charge in [0.05, 0.1) is 13.2 Å². The molecule has 2 N–H and O–H groups in total. The molecule has 0 aromatic heterocycles. The van der Waals surface area contributed by atoms with Crippen molar-refractivity contribution in [2.45, 2.75) is 45.7 Å². The number of nitrogens with one attached hydrogen (secondary N) is 2. The third kappa shape index (κ3) is 6.19. The zero-order valence-corrected chi connectivity index (χ0v) is 18.7. The largest absolute Gasteiger partial charge is 0.379 e. The molecule has 2 fully saturated rings. The quantitative estimate of drug-likeness (QED) is 0.528. The molecule has 1 aromatic rings. The van der Waals surface area contributed by atoms with Gasteiger partial charge in [0, 0.05) is 57.9 Å². The summed E-state index contributed by atoms with van der Waals surface area (Å²) in [4.78, 5) is 20.9. The number of carbonyl (C=O) groups is 1. The van der Waals surface area contributed by atoms with Crippen LogP contribution in [-0.4, -0.2) is 69.2 Å². The molecule has 2 saturated heterocycles. The van der Waals surface area contributed by atoms with Crippen molar-refractivity contribution in [2.75, 3.05) is 51.3 Å². The Bertz CT molecular complexity index is 698. The molecule has 1 aromatic carbocycles. The average Bonchev–Trinajstić information content (AvgIpc) is 2.77. The SMILES string of the molecule is CN=C(NCc1ccc(N2CCCCC2=O)cc1)NCC(C(C)C)N1CCOCC1. The van der Waals surface area contributed by atoms with Gasteiger partial charge in [-0.2, -0.15) is 0 Å². The summed E-state index contributed by atoms with van der Waals surface area (Å²) in [5.74, 6) is 1.60. The summed E-state index contributed by atoms with van der Waals surface area (Å²) in [7, 11) is 1.81. The molecule has 2 aliphatic heterocycles. The Balaban J connectivity index is 1.49. The summed E-state index contributed by atoms with van der Waals surface area (Å²) >= 11 is 0. The molecular weight excluding hydrogens is 378 g/mol. The second-order valence-corrected chi connectivity index (χ2v) is 8.44. The van der Waals surface area contributed by atoms with Crippen molar-refractivity contribution in [3.8, 4) is 0 Å². The number of benzene rings is 1. The molecule has 7 heteroatoms. The molecule has 1 atom stereocenters. The van der Waals surface area contributed by atoms with Crippen LogP contribution in [0.4, 0.5) is 5.69 Å². The fourth-order valence-electron chi connectivity index (χ4n) is 4.18. The molecule has 0 saturated carbocycles. The fraction of sp³-hybridized carbons (Fsp3) is 0.652. The molecule has 0 radical (unpaired) electrons. The number of nitrogens with zero attached hydrogens (tertiary/aromatic N) is 3. The van der Waals surface area contributed by atoms with Gasteiger partial charge in [0.15, 0.2) is 5.96 Å². The number of anilines is 1. The Morgan fingerprint density at radius 1 is 1.10 bits per heavy atom. The summed E-state index contributed by atoms with van der Waals surface area (Å²) in [6, 6.07) is 8.71. The van der Waals surface area contributed by atoms with Crippen molar-refractivity contribution in [3.05, 3.63) is 29.8 Å². The van der Waals surface area contributed by atoms with Crippen LogP contribution in [0.3, 0.4) is 0 Å². The Hall–Kier alpha value is -2.12. The van der Waals surface area contributed by atoms with Crippen LogP contribution < -0.4 is 15.5 Å². The lowest BCUT2D eigenvalue weighted by Gasteiger charge is -2.37. The molecule has 1 amide bonds. The second kappa shape index (κ2) is 11.3. The van der Waals surface area contributed by atoms with Crippen molar-refractivity contribution in [1.29, 1.82) is 0 Å². The van der Waals surface area contributed by atoms with E-state index in [1.54, 1.807) is 7.05 Å². The van der Waals surface area contributed by atoms with E-state index in [0.29, 0.717) is 24.9 Å². The fourth-order valence-corrected chi connectivity index (χ4v) is 4.18. The first kappa shape index (κ1) is 22.6. The van der Waals surface area contributed by atoms with Crippen LogP contribution in [0.25, 0.3) is 0 Å². The molecule has 2 heterocycles. The maximum absolute atomic E-state index is 12.1. The second-order valence-electron chi connectivity index (χ2n) is 8.44. The Morgan fingerprint density at radius 2 is 1.83 bits per heavy atom. The molecule has 7 nitrogen and oxygen atoms in total. The summed E-state index contributed by atoms with van der Waals surface area (Å²) < 4.78 is 5.50. The van der Waals surface area contributed by atoms with E-state index in [1.807, 2.05) is 17.0 Å². The van der Waals surface area contributed by atoms with Crippen molar-refractivity contribution < 1.29 is 9.53 Å². The van der Waals surface area contributed by atoms with Crippen LogP contribution >= 0.6 is 0 Å². The number of aliphatic imine (C=N–C) groups is 1. The number of guanidine groups is 1. The number of rotatable bonds is 7. The Morgan fingerprint density at radius 3 is 2.47 bits per heavy atom. The lowest BCUT2D eigenvalue weighted by atomic mass is 10.0. The summed E-state index contributed by atoms with van der Waals surface area (Å²) in [5.41, 5.74) is 2.16. The highest BCUT2D eigenvalue weighted by atomic mass is 16.5. The van der Waals surface area contributed by atoms with E-state index >= 15 is 0 Å². The Kier molecular flexibility index (Phi) is 8.51. The van der Waals surface area contributed by atoms with Crippen LogP contribution in [0.5, 0.6) is 0 Å². The zero-order valence-electron chi connectivity index (χ0n) is 18.7. The first-order valence-electron chi connectivity index (χ1n) is 11.2. The molecule has 30 heavy (non-hydrogen) atoms. The lowest BCUT2D eigenvalue weighted by molar-refractivity contribution is -0.119. The third-order valence-electron chi connectivity index (χ3n) is 6.02. The first-order chi connectivity index (χ1) is 14.6. The highest BCUT2D eigenvalue weighted by Crippen LogP contribution is 2.21. The van der Waals surface area contributed by atoms with Gasteiger partial charge in [-0.3, -0.25) is 14.7 Å². The smallest absolute Gasteiger partial charge is 0.226 e. The van der Waals surface area contributed by atoms with Crippen molar-refractivity contribution in [3.63, 3.8) is 0 Å². The normalized spacial score (nSPS) is 19.8. The summed E-state index contributed by atoms with van der Waals surface area (Å²) in [5, 5.41) is 6.90. The minimum atomic E-state index is 0.233. The number of morpholine rings is 1. The van der Waals surface area contributed by atoms with E-state index in [9.17, 15) is 4.79 Å². The highest BCUT2D eigenvalue weighted by Gasteiger charge is 2.24. The van der Waals surface area contributed by atoms with E-state index < -0.39 is 0 Å². The van der Waals surface area contributed by atoms with Crippen molar-refractivity contribution >= 4 is 17.6 Å². The zero-order chi connectivity index (χ0) is 21.3. The molecule has 3 rings (SSSR count). The van der Waals surface area contributed by atoms with E-state index in [-0.39, 0.29) is 5.91 Å². The minimum absolute atomic E-state index is 0.233. The van der Waals surface area contributed by atoms with Gasteiger partial charge in [-0.25, -0.2) is 0 Å². The maximum Gasteiger partial charge on any atom is 0.226 e. The van der Waals surface area contributed by atoms with Crippen LogP contribution in [0.2, 0.25) is 0 Å². The van der Waals surface area contributed by atoms with Gasteiger partial charge in [0.1, 0.15) is 0 Å². The predicted octanol–water partition coefficient (Wildman–Crippen LogP) is 2.23. The number of hydrogen-bond donors (Lipinski definition) is 2. The lowest BCUT2D eigenvalue weighted by Crippen LogP contribution is -2.52. The molecule has 0 spiro atoms. The molecular formula is C23H37N5O2. The average molecular weight is 416 g/mol. The van der Waals surface area contributed by atoms with Gasteiger partial charge in [-0.05, 0) is 36.5 Å². The number of piperidine rings is 1. The van der Waals surface area contributed by atoms with Gasteiger partial charge in [-0.15, -0.1) is 0 Å². The Labute approximate surface area is 180 Å². The molecule has 2 aliphatic rings. The van der Waals surface area contributed by atoms with Gasteiger partial charge in [-0.1, -0.05) is 26.0 Å². The standard InChI is InChI=1S/C23H37N5O2/c1-18(2)21(27-12-14-30-15-13-27)17-26-23(24-3)25-16-19-7-9-20(10-8-19)28-11-5-4-6-22(28)29/h7-10,18,21H,4-6,11-17H2,1-3H3,(H2,24,25,26). The summed E-state index contributed by atoms with van der Waals surface area (Å²) in [6.45, 7) is 10.5. The van der Waals surface area contributed by atoms with Crippen LogP contribution in [0.1, 0.15) is 38.7 Å². The van der Waals surface area contributed by atoms with Crippen LogP contribution in [-0.2, 0) is 16.1 Å². The predicted molar refractivity (Wildman–Crippen MR) is 122 cm³/mol. The van der Waals surface area contributed by atoms with Crippen molar-refractivity contribution in [1.82, 2.24) is 15.5 Å². The van der Waals surface area contributed by atoms with Gasteiger partial charge < -0.3 is 20.3 Å². The van der Waals surface area contributed by atoms with Crippen LogP contribution in [0, 0.1) is 5.92 Å². The van der Waals surface area contributed by atoms with Gasteiger partial charge in [0.25, 0.3) is 0 Å². The topological polar surface area (TPSA) is 69.2 Å².